The average Bonchev–Trinajstić information content (AvgIpc) is 2.46. The molecule has 2 atom stereocenters. The van der Waals surface area contributed by atoms with Crippen molar-refractivity contribution in [3.8, 4) is 5.75 Å². The van der Waals surface area contributed by atoms with E-state index in [4.69, 9.17) is 0 Å². The van der Waals surface area contributed by atoms with E-state index in [2.05, 4.69) is 5.73 Å². The fraction of sp³-hybridized carbons (Fsp3) is 0.471. The van der Waals surface area contributed by atoms with Gasteiger partial charge in [0.15, 0.2) is 0 Å². The topological polar surface area (TPSA) is 80.9 Å². The summed E-state index contributed by atoms with van der Waals surface area (Å²) < 4.78 is 0. The highest BCUT2D eigenvalue weighted by Gasteiger charge is 2.12. The molecule has 1 rings (SSSR count). The Kier molecular flexibility index (Phi) is 7.20. The molecule has 0 aliphatic carbocycles. The second-order valence-electron chi connectivity index (χ2n) is 5.44. The molecule has 21 heavy (non-hydrogen) atoms. The molecule has 116 valence electrons. The number of phenolic OH excluding ortho intramolecular Hbond substituents is 1. The second-order valence-corrected chi connectivity index (χ2v) is 5.44. The van der Waals surface area contributed by atoms with E-state index in [9.17, 15) is 20.4 Å². The van der Waals surface area contributed by atoms with Crippen LogP contribution >= 0.6 is 0 Å². The number of phenols is 1. The molecule has 1 aromatic carbocycles. The fourth-order valence-electron chi connectivity index (χ4n) is 1.87. The smallest absolute Gasteiger partial charge is 0.121 e. The molecule has 0 aliphatic rings. The summed E-state index contributed by atoms with van der Waals surface area (Å²) in [5.41, 5.74) is 3.97. The molecule has 0 unspecified atom stereocenters. The molecule has 0 radical (unpaired) electrons. The van der Waals surface area contributed by atoms with Gasteiger partial charge in [0.05, 0.1) is 18.8 Å². The van der Waals surface area contributed by atoms with Gasteiger partial charge in [0.25, 0.3) is 0 Å². The van der Waals surface area contributed by atoms with Crippen LogP contribution in [0.4, 0.5) is 0 Å². The zero-order chi connectivity index (χ0) is 15.8. The van der Waals surface area contributed by atoms with E-state index >= 15 is 0 Å². The van der Waals surface area contributed by atoms with Crippen LogP contribution in [0.1, 0.15) is 38.4 Å². The molecule has 0 fully saturated rings. The normalized spacial score (nSPS) is 13.6. The number of aliphatic hydroxyl groups excluding tert-OH is 3. The predicted molar refractivity (Wildman–Crippen MR) is 81.8 cm³/mol. The monoisotopic (exact) mass is 292 g/mol. The molecule has 0 aromatic heterocycles. The molecule has 4 heteroatoms. The maximum atomic E-state index is 10.0. The Morgan fingerprint density at radius 2 is 1.90 bits per heavy atom. The van der Waals surface area contributed by atoms with Crippen LogP contribution in [0.5, 0.6) is 5.75 Å². The largest absolute Gasteiger partial charge is 0.508 e. The predicted octanol–water partition coefficient (Wildman–Crippen LogP) is 2.30. The van der Waals surface area contributed by atoms with Gasteiger partial charge in [-0.05, 0) is 23.6 Å². The lowest BCUT2D eigenvalue weighted by atomic mass is 9.99. The van der Waals surface area contributed by atoms with Crippen LogP contribution in [0.25, 0.3) is 0 Å². The minimum atomic E-state index is -0.825. The first kappa shape index (κ1) is 17.5. The summed E-state index contributed by atoms with van der Waals surface area (Å²) >= 11 is 0. The van der Waals surface area contributed by atoms with Gasteiger partial charge < -0.3 is 20.4 Å². The molecule has 0 aliphatic heterocycles. The van der Waals surface area contributed by atoms with E-state index < -0.39 is 12.2 Å². The van der Waals surface area contributed by atoms with E-state index in [0.717, 1.165) is 0 Å². The molecule has 0 bridgehead atoms. The maximum Gasteiger partial charge on any atom is 0.121 e. The Labute approximate surface area is 125 Å². The number of aromatic hydroxyl groups is 1. The second kappa shape index (κ2) is 8.65. The van der Waals surface area contributed by atoms with Gasteiger partial charge in [-0.25, -0.2) is 0 Å². The van der Waals surface area contributed by atoms with Crippen LogP contribution in [0.3, 0.4) is 0 Å². The zero-order valence-corrected chi connectivity index (χ0v) is 12.5. The van der Waals surface area contributed by atoms with E-state index in [1.165, 1.54) is 6.07 Å². The summed E-state index contributed by atoms with van der Waals surface area (Å²) in [5.74, 6) is 0.167. The van der Waals surface area contributed by atoms with Crippen molar-refractivity contribution in [2.75, 3.05) is 6.61 Å². The first-order valence-electron chi connectivity index (χ1n) is 7.13. The fourth-order valence-corrected chi connectivity index (χ4v) is 1.87. The lowest BCUT2D eigenvalue weighted by Crippen LogP contribution is -2.16. The third-order valence-electron chi connectivity index (χ3n) is 3.36. The van der Waals surface area contributed by atoms with Gasteiger partial charge in [0.1, 0.15) is 5.75 Å². The Morgan fingerprint density at radius 1 is 1.24 bits per heavy atom. The Morgan fingerprint density at radius 3 is 2.48 bits per heavy atom. The average molecular weight is 292 g/mol. The SMILES string of the molecule is CC(C)[C@H](O)CC(=C=CC[C@@H](O)c1ccccc1O)CO. The van der Waals surface area contributed by atoms with E-state index in [1.807, 2.05) is 13.8 Å². The Hall–Kier alpha value is -1.58. The van der Waals surface area contributed by atoms with E-state index in [-0.39, 0.29) is 24.7 Å². The number of benzene rings is 1. The summed E-state index contributed by atoms with van der Waals surface area (Å²) in [4.78, 5) is 0. The quantitative estimate of drug-likeness (QED) is 0.581. The lowest BCUT2D eigenvalue weighted by molar-refractivity contribution is 0.122. The van der Waals surface area contributed by atoms with Crippen molar-refractivity contribution in [1.29, 1.82) is 0 Å². The first-order valence-corrected chi connectivity index (χ1v) is 7.13. The van der Waals surface area contributed by atoms with Crippen molar-refractivity contribution in [3.05, 3.63) is 47.2 Å². The van der Waals surface area contributed by atoms with Gasteiger partial charge >= 0.3 is 0 Å². The van der Waals surface area contributed by atoms with Gasteiger partial charge in [-0.15, -0.1) is 5.73 Å². The molecule has 0 heterocycles. The highest BCUT2D eigenvalue weighted by Crippen LogP contribution is 2.25. The summed E-state index contributed by atoms with van der Waals surface area (Å²) in [5, 5.41) is 38.7. The van der Waals surface area contributed by atoms with Crippen LogP contribution in [0, 0.1) is 5.92 Å². The van der Waals surface area contributed by atoms with Crippen molar-refractivity contribution in [2.24, 2.45) is 5.92 Å². The van der Waals surface area contributed by atoms with Crippen LogP contribution in [-0.4, -0.2) is 33.1 Å². The Bertz CT molecular complexity index is 501. The summed E-state index contributed by atoms with van der Waals surface area (Å²) in [6.45, 7) is 3.64. The molecule has 0 saturated heterocycles. The third-order valence-corrected chi connectivity index (χ3v) is 3.36. The van der Waals surface area contributed by atoms with Crippen LogP contribution < -0.4 is 0 Å². The first-order chi connectivity index (χ1) is 9.95. The molecule has 0 saturated carbocycles. The van der Waals surface area contributed by atoms with Gasteiger partial charge in [-0.3, -0.25) is 0 Å². The van der Waals surface area contributed by atoms with Crippen LogP contribution in [-0.2, 0) is 0 Å². The zero-order valence-electron chi connectivity index (χ0n) is 12.5. The van der Waals surface area contributed by atoms with Crippen molar-refractivity contribution >= 4 is 0 Å². The van der Waals surface area contributed by atoms with Crippen molar-refractivity contribution in [1.82, 2.24) is 0 Å². The number of hydrogen-bond acceptors (Lipinski definition) is 4. The number of para-hydroxylation sites is 1. The number of hydrogen-bond donors (Lipinski definition) is 4. The van der Waals surface area contributed by atoms with Crippen molar-refractivity contribution < 1.29 is 20.4 Å². The Balaban J connectivity index is 2.70. The molecule has 0 amide bonds. The van der Waals surface area contributed by atoms with Crippen LogP contribution in [0.2, 0.25) is 0 Å². The standard InChI is InChI=1S/C17H24O4/c1-12(2)17(21)10-13(11-18)6-5-9-16(20)14-7-3-4-8-15(14)19/h3-5,7-8,12,16-21H,9-11H2,1-2H3/t6?,16-,17-/m1/s1. The van der Waals surface area contributed by atoms with Gasteiger partial charge in [0.2, 0.25) is 0 Å². The van der Waals surface area contributed by atoms with Crippen molar-refractivity contribution in [2.45, 2.75) is 38.9 Å². The van der Waals surface area contributed by atoms with E-state index in [0.29, 0.717) is 17.6 Å². The maximum absolute atomic E-state index is 10.0. The third kappa shape index (κ3) is 5.74. The number of rotatable bonds is 7. The minimum Gasteiger partial charge on any atom is -0.508 e. The van der Waals surface area contributed by atoms with Gasteiger partial charge in [-0.2, -0.15) is 0 Å². The van der Waals surface area contributed by atoms with Crippen molar-refractivity contribution in [3.63, 3.8) is 0 Å². The highest BCUT2D eigenvalue weighted by molar-refractivity contribution is 5.33. The molecular weight excluding hydrogens is 268 g/mol. The molecule has 1 aromatic rings. The van der Waals surface area contributed by atoms with Gasteiger partial charge in [-0.1, -0.05) is 32.0 Å². The summed E-state index contributed by atoms with van der Waals surface area (Å²) in [6, 6.07) is 6.62. The summed E-state index contributed by atoms with van der Waals surface area (Å²) in [7, 11) is 0. The van der Waals surface area contributed by atoms with Crippen LogP contribution in [0.15, 0.2) is 41.6 Å². The van der Waals surface area contributed by atoms with Gasteiger partial charge in [0, 0.05) is 18.4 Å². The number of aliphatic hydroxyl groups is 3. The lowest BCUT2D eigenvalue weighted by Gasteiger charge is -2.14. The van der Waals surface area contributed by atoms with E-state index in [1.54, 1.807) is 24.3 Å². The molecule has 4 N–H and O–H groups in total. The summed E-state index contributed by atoms with van der Waals surface area (Å²) in [6.07, 6.45) is 0.913. The minimum absolute atomic E-state index is 0.0555. The molecule has 4 nitrogen and oxygen atoms in total. The molecular formula is C17H24O4. The highest BCUT2D eigenvalue weighted by atomic mass is 16.3. The molecule has 0 spiro atoms.